The lowest BCUT2D eigenvalue weighted by Crippen LogP contribution is -2.56. The summed E-state index contributed by atoms with van der Waals surface area (Å²) in [7, 11) is 2.06. The predicted octanol–water partition coefficient (Wildman–Crippen LogP) is -0.256. The first-order valence-electron chi connectivity index (χ1n) is 5.25. The second kappa shape index (κ2) is 4.75. The van der Waals surface area contributed by atoms with Crippen LogP contribution in [0.2, 0.25) is 0 Å². The highest BCUT2D eigenvalue weighted by molar-refractivity contribution is 5.78. The summed E-state index contributed by atoms with van der Waals surface area (Å²) in [4.78, 5) is 15.9. The maximum absolute atomic E-state index is 11.7. The van der Waals surface area contributed by atoms with Crippen LogP contribution in [0.4, 0.5) is 0 Å². The van der Waals surface area contributed by atoms with Crippen molar-refractivity contribution in [1.29, 1.82) is 0 Å². The van der Waals surface area contributed by atoms with Gasteiger partial charge in [0.05, 0.1) is 0 Å². The minimum atomic E-state index is 0.0943. The van der Waals surface area contributed by atoms with Gasteiger partial charge in [-0.05, 0) is 7.05 Å². The van der Waals surface area contributed by atoms with Crippen molar-refractivity contribution in [3.8, 4) is 0 Å². The third kappa shape index (κ3) is 2.45. The van der Waals surface area contributed by atoms with Crippen LogP contribution in [-0.4, -0.2) is 55.0 Å². The van der Waals surface area contributed by atoms with E-state index in [0.29, 0.717) is 12.6 Å². The van der Waals surface area contributed by atoms with Crippen LogP contribution in [0.3, 0.4) is 0 Å². The maximum Gasteiger partial charge on any atom is 0.225 e. The Morgan fingerprint density at radius 3 is 2.64 bits per heavy atom. The first-order chi connectivity index (χ1) is 6.56. The summed E-state index contributed by atoms with van der Waals surface area (Å²) in [6.07, 6.45) is 0. The molecule has 1 atom stereocenters. The second-order valence-corrected chi connectivity index (χ2v) is 4.31. The van der Waals surface area contributed by atoms with Gasteiger partial charge in [-0.3, -0.25) is 9.69 Å². The largest absolute Gasteiger partial charge is 0.340 e. The fourth-order valence-corrected chi connectivity index (χ4v) is 1.77. The zero-order valence-corrected chi connectivity index (χ0v) is 9.36. The Morgan fingerprint density at radius 2 is 2.14 bits per heavy atom. The molecule has 0 aliphatic carbocycles. The molecule has 1 fully saturated rings. The van der Waals surface area contributed by atoms with Gasteiger partial charge in [-0.2, -0.15) is 0 Å². The molecule has 0 spiro atoms. The van der Waals surface area contributed by atoms with E-state index in [1.54, 1.807) is 0 Å². The van der Waals surface area contributed by atoms with Gasteiger partial charge < -0.3 is 10.6 Å². The zero-order valence-electron chi connectivity index (χ0n) is 9.36. The molecule has 0 aromatic rings. The number of carbonyl (C=O) groups excluding carboxylic acids is 1. The van der Waals surface area contributed by atoms with Crippen molar-refractivity contribution in [3.63, 3.8) is 0 Å². The molecule has 1 aliphatic rings. The summed E-state index contributed by atoms with van der Waals surface area (Å²) in [5.41, 5.74) is 5.65. The molecule has 4 heteroatoms. The Bertz CT molecular complexity index is 206. The van der Waals surface area contributed by atoms with Gasteiger partial charge in [-0.15, -0.1) is 0 Å². The molecular weight excluding hydrogens is 178 g/mol. The van der Waals surface area contributed by atoms with Crippen molar-refractivity contribution >= 4 is 5.91 Å². The van der Waals surface area contributed by atoms with E-state index in [-0.39, 0.29) is 11.8 Å². The van der Waals surface area contributed by atoms with Gasteiger partial charge >= 0.3 is 0 Å². The molecule has 0 aromatic heterocycles. The van der Waals surface area contributed by atoms with Gasteiger partial charge in [0.25, 0.3) is 0 Å². The van der Waals surface area contributed by atoms with Crippen LogP contribution < -0.4 is 5.73 Å². The molecule has 1 aliphatic heterocycles. The highest BCUT2D eigenvalue weighted by Crippen LogP contribution is 2.10. The number of amides is 1. The summed E-state index contributed by atoms with van der Waals surface area (Å²) in [6.45, 7) is 7.06. The average molecular weight is 199 g/mol. The van der Waals surface area contributed by atoms with Gasteiger partial charge in [0.1, 0.15) is 0 Å². The summed E-state index contributed by atoms with van der Waals surface area (Å²) >= 11 is 0. The Kier molecular flexibility index (Phi) is 3.89. The predicted molar refractivity (Wildman–Crippen MR) is 56.9 cm³/mol. The van der Waals surface area contributed by atoms with Crippen molar-refractivity contribution in [3.05, 3.63) is 0 Å². The third-order valence-electron chi connectivity index (χ3n) is 2.85. The normalized spacial score (nSPS) is 24.4. The van der Waals surface area contributed by atoms with Crippen LogP contribution in [0.25, 0.3) is 0 Å². The first kappa shape index (κ1) is 11.5. The van der Waals surface area contributed by atoms with Gasteiger partial charge in [-0.1, -0.05) is 13.8 Å². The number of piperazine rings is 1. The standard InChI is InChI=1S/C10H21N3O/c1-8(2)10(14)13-5-4-12(3)9(6-11)7-13/h8-9H,4-7,11H2,1-3H3. The van der Waals surface area contributed by atoms with Crippen LogP contribution in [0.5, 0.6) is 0 Å². The van der Waals surface area contributed by atoms with Crippen LogP contribution in [-0.2, 0) is 4.79 Å². The minimum absolute atomic E-state index is 0.0943. The number of hydrogen-bond donors (Lipinski definition) is 1. The van der Waals surface area contributed by atoms with E-state index in [1.807, 2.05) is 18.7 Å². The molecule has 0 aromatic carbocycles. The molecule has 0 radical (unpaired) electrons. The lowest BCUT2D eigenvalue weighted by molar-refractivity contribution is -0.137. The first-order valence-corrected chi connectivity index (χ1v) is 5.25. The molecule has 4 nitrogen and oxygen atoms in total. The molecule has 0 bridgehead atoms. The summed E-state index contributed by atoms with van der Waals surface area (Å²) in [5.74, 6) is 0.341. The SMILES string of the molecule is CC(C)C(=O)N1CCN(C)C(CN)C1. The molecule has 1 heterocycles. The van der Waals surface area contributed by atoms with Crippen LogP contribution in [0.15, 0.2) is 0 Å². The molecule has 1 unspecified atom stereocenters. The molecule has 1 amide bonds. The van der Waals surface area contributed by atoms with Gasteiger partial charge in [0.2, 0.25) is 5.91 Å². The van der Waals surface area contributed by atoms with E-state index in [0.717, 1.165) is 19.6 Å². The number of hydrogen-bond acceptors (Lipinski definition) is 3. The number of nitrogens with two attached hydrogens (primary N) is 1. The molecule has 1 rings (SSSR count). The highest BCUT2D eigenvalue weighted by atomic mass is 16.2. The van der Waals surface area contributed by atoms with Crippen LogP contribution >= 0.6 is 0 Å². The topological polar surface area (TPSA) is 49.6 Å². The molecule has 2 N–H and O–H groups in total. The second-order valence-electron chi connectivity index (χ2n) is 4.31. The van der Waals surface area contributed by atoms with Gasteiger partial charge in [-0.25, -0.2) is 0 Å². The third-order valence-corrected chi connectivity index (χ3v) is 2.85. The van der Waals surface area contributed by atoms with E-state index < -0.39 is 0 Å². The summed E-state index contributed by atoms with van der Waals surface area (Å²) in [5, 5.41) is 0. The van der Waals surface area contributed by atoms with Gasteiger partial charge in [0.15, 0.2) is 0 Å². The molecule has 0 saturated carbocycles. The number of rotatable bonds is 2. The molecule has 1 saturated heterocycles. The van der Waals surface area contributed by atoms with Gasteiger partial charge in [0, 0.05) is 38.1 Å². The smallest absolute Gasteiger partial charge is 0.225 e. The number of nitrogens with zero attached hydrogens (tertiary/aromatic N) is 2. The Labute approximate surface area is 86.0 Å². The Balaban J connectivity index is 2.54. The monoisotopic (exact) mass is 199 g/mol. The van der Waals surface area contributed by atoms with E-state index >= 15 is 0 Å². The fraction of sp³-hybridized carbons (Fsp3) is 0.900. The molecule has 82 valence electrons. The van der Waals surface area contributed by atoms with Crippen molar-refractivity contribution in [2.24, 2.45) is 11.7 Å². The van der Waals surface area contributed by atoms with E-state index in [1.165, 1.54) is 0 Å². The summed E-state index contributed by atoms with van der Waals surface area (Å²) < 4.78 is 0. The average Bonchev–Trinajstić information content (AvgIpc) is 2.17. The fourth-order valence-electron chi connectivity index (χ4n) is 1.77. The lowest BCUT2D eigenvalue weighted by Gasteiger charge is -2.39. The highest BCUT2D eigenvalue weighted by Gasteiger charge is 2.27. The maximum atomic E-state index is 11.7. The Hall–Kier alpha value is -0.610. The quantitative estimate of drug-likeness (QED) is 0.667. The Morgan fingerprint density at radius 1 is 1.50 bits per heavy atom. The number of carbonyl (C=O) groups is 1. The zero-order chi connectivity index (χ0) is 10.7. The lowest BCUT2D eigenvalue weighted by atomic mass is 10.1. The van der Waals surface area contributed by atoms with E-state index in [2.05, 4.69) is 11.9 Å². The molecular formula is C10H21N3O. The van der Waals surface area contributed by atoms with Crippen molar-refractivity contribution in [2.75, 3.05) is 33.2 Å². The minimum Gasteiger partial charge on any atom is -0.340 e. The van der Waals surface area contributed by atoms with Crippen molar-refractivity contribution < 1.29 is 4.79 Å². The van der Waals surface area contributed by atoms with Crippen LogP contribution in [0, 0.1) is 5.92 Å². The van der Waals surface area contributed by atoms with Crippen molar-refractivity contribution in [2.45, 2.75) is 19.9 Å². The van der Waals surface area contributed by atoms with E-state index in [9.17, 15) is 4.79 Å². The molecule has 14 heavy (non-hydrogen) atoms. The van der Waals surface area contributed by atoms with Crippen LogP contribution in [0.1, 0.15) is 13.8 Å². The number of likely N-dealkylation sites (N-methyl/N-ethyl adjacent to an activating group) is 1. The summed E-state index contributed by atoms with van der Waals surface area (Å²) in [6, 6.07) is 0.325. The van der Waals surface area contributed by atoms with Crippen molar-refractivity contribution in [1.82, 2.24) is 9.80 Å². The van der Waals surface area contributed by atoms with E-state index in [4.69, 9.17) is 5.73 Å².